The van der Waals surface area contributed by atoms with E-state index in [1.54, 1.807) is 18.0 Å². The van der Waals surface area contributed by atoms with Gasteiger partial charge >= 0.3 is 0 Å². The molecule has 0 saturated heterocycles. The average Bonchev–Trinajstić information content (AvgIpc) is 2.26. The lowest BCUT2D eigenvalue weighted by atomic mass is 9.75. The van der Waals surface area contributed by atoms with Gasteiger partial charge in [0, 0.05) is 17.5 Å². The van der Waals surface area contributed by atoms with Gasteiger partial charge in [-0.2, -0.15) is 0 Å². The van der Waals surface area contributed by atoms with Crippen LogP contribution >= 0.6 is 23.4 Å². The predicted molar refractivity (Wildman–Crippen MR) is 74.5 cm³/mol. The molecule has 94 valence electrons. The van der Waals surface area contributed by atoms with Crippen LogP contribution in [0.2, 0.25) is 5.02 Å². The van der Waals surface area contributed by atoms with Gasteiger partial charge in [0.15, 0.2) is 0 Å². The fraction of sp³-hybridized carbons (Fsp3) is 0.615. The Kier molecular flexibility index (Phi) is 4.01. The first kappa shape index (κ1) is 13.2. The Labute approximate surface area is 112 Å². The summed E-state index contributed by atoms with van der Waals surface area (Å²) in [5.74, 6) is 0. The predicted octanol–water partition coefficient (Wildman–Crippen LogP) is 3.73. The van der Waals surface area contributed by atoms with Gasteiger partial charge < -0.3 is 5.73 Å². The smallest absolute Gasteiger partial charge is 0.115 e. The van der Waals surface area contributed by atoms with Gasteiger partial charge in [-0.05, 0) is 36.8 Å². The molecule has 0 bridgehead atoms. The van der Waals surface area contributed by atoms with E-state index in [0.29, 0.717) is 10.7 Å². The van der Waals surface area contributed by atoms with Gasteiger partial charge in [0.05, 0.1) is 5.02 Å². The zero-order chi connectivity index (χ0) is 12.5. The monoisotopic (exact) mass is 270 g/mol. The first-order valence-corrected chi connectivity index (χ1v) is 7.26. The second-order valence-electron chi connectivity index (χ2n) is 5.52. The number of nitrogens with two attached hydrogens (primary N) is 1. The van der Waals surface area contributed by atoms with Crippen LogP contribution in [0, 0.1) is 5.41 Å². The van der Waals surface area contributed by atoms with Crippen LogP contribution in [0.3, 0.4) is 0 Å². The third-order valence-corrected chi connectivity index (χ3v) is 5.16. The van der Waals surface area contributed by atoms with Crippen molar-refractivity contribution in [2.24, 2.45) is 11.1 Å². The molecule has 0 spiro atoms. The van der Waals surface area contributed by atoms with E-state index in [9.17, 15) is 0 Å². The summed E-state index contributed by atoms with van der Waals surface area (Å²) in [5.41, 5.74) is 6.59. The standard InChI is InChI=1S/C13H19ClN2S/c1-13(2)6-5-10(15)11(8-13)17-12-9(14)4-3-7-16-12/h3-4,7,10-11H,5-6,8,15H2,1-2H3. The number of hydrogen-bond donors (Lipinski definition) is 1. The molecule has 4 heteroatoms. The summed E-state index contributed by atoms with van der Waals surface area (Å²) in [5, 5.41) is 2.06. The highest BCUT2D eigenvalue weighted by Gasteiger charge is 2.34. The van der Waals surface area contributed by atoms with Crippen LogP contribution in [0.1, 0.15) is 33.1 Å². The van der Waals surface area contributed by atoms with Gasteiger partial charge in [0.1, 0.15) is 5.03 Å². The van der Waals surface area contributed by atoms with E-state index >= 15 is 0 Å². The van der Waals surface area contributed by atoms with Crippen molar-refractivity contribution in [2.75, 3.05) is 0 Å². The quantitative estimate of drug-likeness (QED) is 0.890. The van der Waals surface area contributed by atoms with Gasteiger partial charge in [0.25, 0.3) is 0 Å². The van der Waals surface area contributed by atoms with Crippen molar-refractivity contribution in [3.05, 3.63) is 23.4 Å². The number of thioether (sulfide) groups is 1. The fourth-order valence-corrected chi connectivity index (χ4v) is 3.96. The maximum atomic E-state index is 6.21. The minimum atomic E-state index is 0.256. The molecule has 1 aromatic rings. The lowest BCUT2D eigenvalue weighted by molar-refractivity contribution is 0.232. The SMILES string of the molecule is CC1(C)CCC(N)C(Sc2ncccc2Cl)C1. The highest BCUT2D eigenvalue weighted by molar-refractivity contribution is 8.00. The number of nitrogens with zero attached hydrogens (tertiary/aromatic N) is 1. The Bertz CT molecular complexity index is 395. The number of halogens is 1. The molecule has 17 heavy (non-hydrogen) atoms. The third kappa shape index (κ3) is 3.36. The molecular weight excluding hydrogens is 252 g/mol. The van der Waals surface area contributed by atoms with Crippen LogP contribution in [-0.4, -0.2) is 16.3 Å². The number of hydrogen-bond acceptors (Lipinski definition) is 3. The minimum Gasteiger partial charge on any atom is -0.327 e. The number of rotatable bonds is 2. The molecule has 2 rings (SSSR count). The molecule has 2 unspecified atom stereocenters. The lowest BCUT2D eigenvalue weighted by Gasteiger charge is -2.38. The molecule has 2 nitrogen and oxygen atoms in total. The molecule has 1 aliphatic carbocycles. The van der Waals surface area contributed by atoms with Crippen LogP contribution in [0.5, 0.6) is 0 Å². The van der Waals surface area contributed by atoms with Crippen molar-refractivity contribution in [1.29, 1.82) is 0 Å². The topological polar surface area (TPSA) is 38.9 Å². The Morgan fingerprint density at radius 2 is 2.29 bits per heavy atom. The van der Waals surface area contributed by atoms with Crippen LogP contribution in [-0.2, 0) is 0 Å². The summed E-state index contributed by atoms with van der Waals surface area (Å²) >= 11 is 7.87. The highest BCUT2D eigenvalue weighted by atomic mass is 35.5. The summed E-state index contributed by atoms with van der Waals surface area (Å²) in [6, 6.07) is 4.00. The fourth-order valence-electron chi connectivity index (χ4n) is 2.27. The summed E-state index contributed by atoms with van der Waals surface area (Å²) in [4.78, 5) is 4.33. The normalized spacial score (nSPS) is 28.0. The van der Waals surface area contributed by atoms with Crippen molar-refractivity contribution in [2.45, 2.75) is 49.4 Å². The van der Waals surface area contributed by atoms with Crippen molar-refractivity contribution in [3.63, 3.8) is 0 Å². The van der Waals surface area contributed by atoms with Gasteiger partial charge in [-0.3, -0.25) is 0 Å². The van der Waals surface area contributed by atoms with E-state index < -0.39 is 0 Å². The zero-order valence-electron chi connectivity index (χ0n) is 10.3. The Morgan fingerprint density at radius 3 is 3.00 bits per heavy atom. The molecule has 2 N–H and O–H groups in total. The summed E-state index contributed by atoms with van der Waals surface area (Å²) in [6.07, 6.45) is 5.22. The molecule has 0 aromatic carbocycles. The third-order valence-electron chi connectivity index (χ3n) is 3.37. The van der Waals surface area contributed by atoms with Crippen molar-refractivity contribution >= 4 is 23.4 Å². The molecule has 1 fully saturated rings. The van der Waals surface area contributed by atoms with Crippen molar-refractivity contribution in [3.8, 4) is 0 Å². The van der Waals surface area contributed by atoms with Gasteiger partial charge in [-0.1, -0.05) is 37.2 Å². The van der Waals surface area contributed by atoms with Gasteiger partial charge in [-0.15, -0.1) is 0 Å². The molecule has 0 radical (unpaired) electrons. The molecule has 1 heterocycles. The lowest BCUT2D eigenvalue weighted by Crippen LogP contribution is -2.41. The largest absolute Gasteiger partial charge is 0.327 e. The second kappa shape index (κ2) is 5.17. The van der Waals surface area contributed by atoms with E-state index in [1.165, 1.54) is 6.42 Å². The Hall–Kier alpha value is -0.250. The summed E-state index contributed by atoms with van der Waals surface area (Å²) < 4.78 is 0. The van der Waals surface area contributed by atoms with Gasteiger partial charge in [-0.25, -0.2) is 4.98 Å². The zero-order valence-corrected chi connectivity index (χ0v) is 11.9. The molecule has 1 aliphatic rings. The van der Waals surface area contributed by atoms with Crippen LogP contribution < -0.4 is 5.73 Å². The second-order valence-corrected chi connectivity index (χ2v) is 7.15. The molecule has 0 aliphatic heterocycles. The molecule has 1 saturated carbocycles. The number of aromatic nitrogens is 1. The highest BCUT2D eigenvalue weighted by Crippen LogP contribution is 2.42. The van der Waals surface area contributed by atoms with Crippen LogP contribution in [0.4, 0.5) is 0 Å². The molecular formula is C13H19ClN2S. The Balaban J connectivity index is 2.10. The van der Waals surface area contributed by atoms with E-state index in [4.69, 9.17) is 17.3 Å². The van der Waals surface area contributed by atoms with Crippen molar-refractivity contribution < 1.29 is 0 Å². The van der Waals surface area contributed by atoms with E-state index in [-0.39, 0.29) is 6.04 Å². The molecule has 1 aromatic heterocycles. The van der Waals surface area contributed by atoms with Crippen LogP contribution in [0.15, 0.2) is 23.4 Å². The minimum absolute atomic E-state index is 0.256. The van der Waals surface area contributed by atoms with Crippen LogP contribution in [0.25, 0.3) is 0 Å². The first-order valence-electron chi connectivity index (χ1n) is 6.01. The molecule has 0 amide bonds. The van der Waals surface area contributed by atoms with Gasteiger partial charge in [0.2, 0.25) is 0 Å². The van der Waals surface area contributed by atoms with E-state index in [2.05, 4.69) is 18.8 Å². The summed E-state index contributed by atoms with van der Waals surface area (Å²) in [6.45, 7) is 4.62. The first-order chi connectivity index (χ1) is 7.98. The average molecular weight is 271 g/mol. The molecule has 2 atom stereocenters. The van der Waals surface area contributed by atoms with Crippen molar-refractivity contribution in [1.82, 2.24) is 4.98 Å². The van der Waals surface area contributed by atoms with E-state index in [1.807, 2.05) is 12.1 Å². The summed E-state index contributed by atoms with van der Waals surface area (Å²) in [7, 11) is 0. The number of pyridine rings is 1. The maximum Gasteiger partial charge on any atom is 0.115 e. The maximum absolute atomic E-state index is 6.21. The van der Waals surface area contributed by atoms with E-state index in [0.717, 1.165) is 22.9 Å². The Morgan fingerprint density at radius 1 is 1.53 bits per heavy atom.